The molecule has 104 valence electrons. The molecule has 2 unspecified atom stereocenters. The van der Waals surface area contributed by atoms with E-state index in [0.29, 0.717) is 18.3 Å². The second-order valence-corrected chi connectivity index (χ2v) is 7.18. The predicted octanol–water partition coefficient (Wildman–Crippen LogP) is 2.72. The molecule has 0 bridgehead atoms. The first-order valence-corrected chi connectivity index (χ1v) is 8.44. The Bertz CT molecular complexity index is 464. The van der Waals surface area contributed by atoms with Crippen molar-refractivity contribution in [3.05, 3.63) is 30.3 Å². The van der Waals surface area contributed by atoms with Gasteiger partial charge in [0.1, 0.15) is 6.10 Å². The minimum absolute atomic E-state index is 0.224. The zero-order valence-electron chi connectivity index (χ0n) is 11.1. The van der Waals surface area contributed by atoms with Crippen LogP contribution >= 0.6 is 7.37 Å². The normalized spacial score (nSPS) is 21.3. The number of unbranched alkanes of at least 4 members (excludes halogenated alkanes) is 1. The van der Waals surface area contributed by atoms with Gasteiger partial charge in [0.25, 0.3) is 0 Å². The largest absolute Gasteiger partial charge is 0.461 e. The zero-order valence-corrected chi connectivity index (χ0v) is 12.0. The van der Waals surface area contributed by atoms with Crippen molar-refractivity contribution in [2.45, 2.75) is 32.3 Å². The van der Waals surface area contributed by atoms with Crippen molar-refractivity contribution in [3.63, 3.8) is 0 Å². The molecule has 5 heteroatoms. The number of hydrogen-bond acceptors (Lipinski definition) is 4. The van der Waals surface area contributed by atoms with Crippen molar-refractivity contribution in [2.24, 2.45) is 0 Å². The monoisotopic (exact) mass is 282 g/mol. The maximum atomic E-state index is 13.0. The highest BCUT2D eigenvalue weighted by atomic mass is 31.2. The Morgan fingerprint density at radius 2 is 2.05 bits per heavy atom. The van der Waals surface area contributed by atoms with Crippen LogP contribution in [0.4, 0.5) is 0 Å². The summed E-state index contributed by atoms with van der Waals surface area (Å²) in [6.45, 7) is 2.54. The summed E-state index contributed by atoms with van der Waals surface area (Å²) in [5.74, 6) is -0.224. The molecule has 0 saturated carbocycles. The van der Waals surface area contributed by atoms with Gasteiger partial charge in [-0.3, -0.25) is 9.36 Å². The van der Waals surface area contributed by atoms with Crippen molar-refractivity contribution < 1.29 is 18.6 Å². The summed E-state index contributed by atoms with van der Waals surface area (Å²) in [5.41, 5.74) is 0. The van der Waals surface area contributed by atoms with Crippen LogP contribution < -0.4 is 5.30 Å². The van der Waals surface area contributed by atoms with Crippen molar-refractivity contribution in [1.29, 1.82) is 0 Å². The van der Waals surface area contributed by atoms with Crippen molar-refractivity contribution in [2.75, 3.05) is 12.8 Å². The molecule has 1 fully saturated rings. The zero-order chi connectivity index (χ0) is 13.7. The number of carbonyl (C=O) groups excluding carboxylic acids is 1. The van der Waals surface area contributed by atoms with Crippen molar-refractivity contribution in [1.82, 2.24) is 0 Å². The lowest BCUT2D eigenvalue weighted by Gasteiger charge is -2.29. The van der Waals surface area contributed by atoms with Crippen LogP contribution in [0, 0.1) is 0 Å². The van der Waals surface area contributed by atoms with Gasteiger partial charge in [-0.25, -0.2) is 0 Å². The predicted molar refractivity (Wildman–Crippen MR) is 73.9 cm³/mol. The molecule has 1 aliphatic heterocycles. The minimum atomic E-state index is -2.93. The number of ether oxygens (including phenoxy) is 1. The van der Waals surface area contributed by atoms with Crippen molar-refractivity contribution >= 4 is 18.6 Å². The van der Waals surface area contributed by atoms with Gasteiger partial charge in [0, 0.05) is 5.30 Å². The fourth-order valence-corrected chi connectivity index (χ4v) is 4.23. The lowest BCUT2D eigenvalue weighted by molar-refractivity contribution is -0.166. The first kappa shape index (κ1) is 14.3. The molecule has 1 aliphatic rings. The number of esters is 1. The number of rotatable bonds is 7. The highest BCUT2D eigenvalue weighted by Crippen LogP contribution is 2.48. The molecule has 0 aliphatic carbocycles. The maximum Gasteiger partial charge on any atom is 0.309 e. The Balaban J connectivity index is 2.08. The fourth-order valence-electron chi connectivity index (χ4n) is 1.98. The summed E-state index contributed by atoms with van der Waals surface area (Å²) in [7, 11) is -2.93. The standard InChI is InChI=1S/C14H19O4P/c1-2-3-9-17-19(16,11-12-10-14(15)18-12)13-7-5-4-6-8-13/h4-8,12H,2-3,9-11H2,1H3. The smallest absolute Gasteiger partial charge is 0.309 e. The Labute approximate surface area is 113 Å². The maximum absolute atomic E-state index is 13.0. The third kappa shape index (κ3) is 3.68. The van der Waals surface area contributed by atoms with E-state index < -0.39 is 7.37 Å². The molecule has 0 N–H and O–H groups in total. The molecule has 19 heavy (non-hydrogen) atoms. The average molecular weight is 282 g/mol. The molecule has 0 aromatic heterocycles. The molecule has 1 aromatic rings. The number of hydrogen-bond donors (Lipinski definition) is 0. The lowest BCUT2D eigenvalue weighted by atomic mass is 10.2. The molecule has 1 aromatic carbocycles. The summed E-state index contributed by atoms with van der Waals surface area (Å²) < 4.78 is 23.6. The second kappa shape index (κ2) is 6.36. The third-order valence-electron chi connectivity index (χ3n) is 3.08. The minimum Gasteiger partial charge on any atom is -0.461 e. The molecule has 2 atom stereocenters. The Kier molecular flexibility index (Phi) is 4.78. The van der Waals surface area contributed by atoms with Crippen molar-refractivity contribution in [3.8, 4) is 0 Å². The van der Waals surface area contributed by atoms with E-state index in [-0.39, 0.29) is 18.2 Å². The summed E-state index contributed by atoms with van der Waals surface area (Å²) >= 11 is 0. The van der Waals surface area contributed by atoms with Gasteiger partial charge in [0.05, 0.1) is 19.2 Å². The highest BCUT2D eigenvalue weighted by Gasteiger charge is 2.37. The third-order valence-corrected chi connectivity index (χ3v) is 5.66. The molecular formula is C14H19O4P. The molecule has 4 nitrogen and oxygen atoms in total. The van der Waals surface area contributed by atoms with Crippen LogP contribution in [0.1, 0.15) is 26.2 Å². The Morgan fingerprint density at radius 3 is 2.63 bits per heavy atom. The van der Waals surface area contributed by atoms with Gasteiger partial charge >= 0.3 is 5.97 Å². The van der Waals surface area contributed by atoms with E-state index in [1.54, 1.807) is 0 Å². The summed E-state index contributed by atoms with van der Waals surface area (Å²) in [5, 5.41) is 0.703. The first-order valence-electron chi connectivity index (χ1n) is 6.63. The van der Waals surface area contributed by atoms with Crippen LogP contribution in [-0.4, -0.2) is 24.8 Å². The highest BCUT2D eigenvalue weighted by molar-refractivity contribution is 7.67. The van der Waals surface area contributed by atoms with E-state index in [0.717, 1.165) is 12.8 Å². The van der Waals surface area contributed by atoms with Gasteiger partial charge in [0.2, 0.25) is 7.37 Å². The number of benzene rings is 1. The van der Waals surface area contributed by atoms with Crippen LogP contribution in [-0.2, 0) is 18.6 Å². The van der Waals surface area contributed by atoms with E-state index in [1.165, 1.54) is 0 Å². The first-order chi connectivity index (χ1) is 9.14. The summed E-state index contributed by atoms with van der Waals surface area (Å²) in [6, 6.07) is 9.19. The van der Waals surface area contributed by atoms with Gasteiger partial charge in [-0.15, -0.1) is 0 Å². The molecule has 0 amide bonds. The summed E-state index contributed by atoms with van der Waals surface area (Å²) in [4.78, 5) is 10.8. The van der Waals surface area contributed by atoms with Gasteiger partial charge < -0.3 is 9.26 Å². The average Bonchev–Trinajstić information content (AvgIpc) is 2.38. The molecular weight excluding hydrogens is 263 g/mol. The van der Waals surface area contributed by atoms with Gasteiger partial charge in [-0.1, -0.05) is 31.5 Å². The van der Waals surface area contributed by atoms with E-state index in [4.69, 9.17) is 9.26 Å². The van der Waals surface area contributed by atoms with E-state index in [2.05, 4.69) is 6.92 Å². The van der Waals surface area contributed by atoms with Crippen LogP contribution in [0.15, 0.2) is 30.3 Å². The molecule has 0 spiro atoms. The lowest BCUT2D eigenvalue weighted by Crippen LogP contribution is -2.36. The quantitative estimate of drug-likeness (QED) is 0.438. The van der Waals surface area contributed by atoms with Crippen LogP contribution in [0.3, 0.4) is 0 Å². The van der Waals surface area contributed by atoms with E-state index in [1.807, 2.05) is 30.3 Å². The number of cyclic esters (lactones) is 1. The second-order valence-electron chi connectivity index (χ2n) is 4.69. The molecule has 1 saturated heterocycles. The summed E-state index contributed by atoms with van der Waals surface area (Å²) in [6.07, 6.45) is 2.23. The SMILES string of the molecule is CCCCOP(=O)(CC1CC(=O)O1)c1ccccc1. The number of carbonyl (C=O) groups is 1. The molecule has 2 rings (SSSR count). The van der Waals surface area contributed by atoms with Crippen LogP contribution in [0.25, 0.3) is 0 Å². The Hall–Kier alpha value is -1.12. The topological polar surface area (TPSA) is 52.6 Å². The Morgan fingerprint density at radius 1 is 1.37 bits per heavy atom. The van der Waals surface area contributed by atoms with Crippen LogP contribution in [0.2, 0.25) is 0 Å². The molecule has 0 radical (unpaired) electrons. The fraction of sp³-hybridized carbons (Fsp3) is 0.500. The molecule has 1 heterocycles. The van der Waals surface area contributed by atoms with Gasteiger partial charge in [-0.2, -0.15) is 0 Å². The van der Waals surface area contributed by atoms with Crippen LogP contribution in [0.5, 0.6) is 0 Å². The van der Waals surface area contributed by atoms with Gasteiger partial charge in [-0.05, 0) is 18.6 Å². The van der Waals surface area contributed by atoms with Gasteiger partial charge in [0.15, 0.2) is 0 Å². The van der Waals surface area contributed by atoms with E-state index >= 15 is 0 Å². The van der Waals surface area contributed by atoms with E-state index in [9.17, 15) is 9.36 Å².